The third kappa shape index (κ3) is 4.10. The Balaban J connectivity index is 1.46. The molecule has 31 heavy (non-hydrogen) atoms. The number of fused-ring (bicyclic) bond motifs is 1. The van der Waals surface area contributed by atoms with Gasteiger partial charge < -0.3 is 14.8 Å². The molecule has 0 saturated heterocycles. The highest BCUT2D eigenvalue weighted by atomic mass is 35.5. The third-order valence-electron chi connectivity index (χ3n) is 4.55. The fraction of sp³-hybridized carbons (Fsp3) is 0.0952. The van der Waals surface area contributed by atoms with Crippen molar-refractivity contribution in [1.29, 1.82) is 0 Å². The molecule has 1 N–H and O–H groups in total. The predicted octanol–water partition coefficient (Wildman–Crippen LogP) is 4.17. The van der Waals surface area contributed by atoms with Crippen LogP contribution < -0.4 is 20.3 Å². The molecule has 3 heterocycles. The predicted molar refractivity (Wildman–Crippen MR) is 118 cm³/mol. The second-order valence-electron chi connectivity index (χ2n) is 6.62. The molecule has 8 nitrogen and oxygen atoms in total. The van der Waals surface area contributed by atoms with Crippen LogP contribution >= 0.6 is 23.4 Å². The number of aromatic nitrogens is 4. The number of rotatable bonds is 6. The van der Waals surface area contributed by atoms with Crippen LogP contribution in [-0.4, -0.2) is 26.3 Å². The van der Waals surface area contributed by atoms with Gasteiger partial charge in [-0.2, -0.15) is 4.68 Å². The monoisotopic (exact) mass is 453 g/mol. The van der Waals surface area contributed by atoms with E-state index in [1.807, 2.05) is 36.4 Å². The molecular weight excluding hydrogens is 438 g/mol. The van der Waals surface area contributed by atoms with Crippen molar-refractivity contribution in [2.45, 2.75) is 10.9 Å². The molecule has 1 aliphatic heterocycles. The Morgan fingerprint density at radius 2 is 1.81 bits per heavy atom. The molecule has 0 radical (unpaired) electrons. The maximum absolute atomic E-state index is 13.3. The zero-order valence-corrected chi connectivity index (χ0v) is 17.6. The minimum absolute atomic E-state index is 0.100. The number of ether oxygens (including phenoxy) is 2. The molecule has 0 bridgehead atoms. The van der Waals surface area contributed by atoms with Gasteiger partial charge in [0.1, 0.15) is 0 Å². The van der Waals surface area contributed by atoms with E-state index in [1.54, 1.807) is 35.3 Å². The Hall–Kier alpha value is -3.43. The van der Waals surface area contributed by atoms with Crippen molar-refractivity contribution in [3.8, 4) is 11.5 Å². The van der Waals surface area contributed by atoms with E-state index in [0.29, 0.717) is 33.1 Å². The molecule has 0 amide bonds. The van der Waals surface area contributed by atoms with Crippen LogP contribution in [0.25, 0.3) is 0 Å². The maximum atomic E-state index is 13.3. The van der Waals surface area contributed by atoms with Gasteiger partial charge in [0.05, 0.1) is 0 Å². The number of nitrogens with one attached hydrogen (secondary N) is 1. The summed E-state index contributed by atoms with van der Waals surface area (Å²) in [7, 11) is 0. The lowest BCUT2D eigenvalue weighted by atomic mass is 10.2. The molecule has 2 aromatic carbocycles. The zero-order valence-electron chi connectivity index (χ0n) is 16.1. The first-order valence-electron chi connectivity index (χ1n) is 9.35. The van der Waals surface area contributed by atoms with Gasteiger partial charge in [-0.1, -0.05) is 35.5 Å². The lowest BCUT2D eigenvalue weighted by Gasteiger charge is -2.14. The summed E-state index contributed by atoms with van der Waals surface area (Å²) in [5.41, 5.74) is 1.38. The van der Waals surface area contributed by atoms with Crippen LogP contribution in [0.1, 0.15) is 5.56 Å². The smallest absolute Gasteiger partial charge is 0.316 e. The van der Waals surface area contributed by atoms with E-state index in [-0.39, 0.29) is 18.2 Å². The summed E-state index contributed by atoms with van der Waals surface area (Å²) in [6.07, 6.45) is 3.56. The van der Waals surface area contributed by atoms with Crippen molar-refractivity contribution >= 4 is 34.9 Å². The molecule has 0 aliphatic carbocycles. The Morgan fingerprint density at radius 1 is 1.03 bits per heavy atom. The van der Waals surface area contributed by atoms with E-state index in [1.165, 1.54) is 16.4 Å². The lowest BCUT2D eigenvalue weighted by Crippen LogP contribution is -2.30. The zero-order chi connectivity index (χ0) is 21.2. The molecule has 1 aliphatic rings. The second-order valence-corrected chi connectivity index (χ2v) is 8.00. The number of nitrogens with zero attached hydrogens (tertiary/aromatic N) is 4. The van der Waals surface area contributed by atoms with Gasteiger partial charge in [-0.3, -0.25) is 9.47 Å². The van der Waals surface area contributed by atoms with Crippen molar-refractivity contribution in [1.82, 2.24) is 19.5 Å². The second kappa shape index (κ2) is 8.37. The van der Waals surface area contributed by atoms with E-state index in [0.717, 1.165) is 5.56 Å². The molecule has 0 fully saturated rings. The van der Waals surface area contributed by atoms with E-state index in [4.69, 9.17) is 21.1 Å². The standard InChI is InChI=1S/C21H16ClN5O3S/c22-15-5-3-14(4-6-15)12-31-21-25-24-19(20(28)27(21)26-9-1-2-10-26)23-16-7-8-17-18(11-16)30-13-29-17/h1-11H,12-13H2,(H,23,24). The summed E-state index contributed by atoms with van der Waals surface area (Å²) < 4.78 is 13.9. The van der Waals surface area contributed by atoms with Crippen molar-refractivity contribution < 1.29 is 9.47 Å². The largest absolute Gasteiger partial charge is 0.454 e. The number of hydrogen-bond donors (Lipinski definition) is 1. The summed E-state index contributed by atoms with van der Waals surface area (Å²) in [5, 5.41) is 12.6. The van der Waals surface area contributed by atoms with Crippen molar-refractivity contribution in [3.63, 3.8) is 0 Å². The van der Waals surface area contributed by atoms with E-state index < -0.39 is 0 Å². The van der Waals surface area contributed by atoms with Gasteiger partial charge in [0, 0.05) is 34.9 Å². The van der Waals surface area contributed by atoms with Crippen LogP contribution in [0, 0.1) is 0 Å². The summed E-state index contributed by atoms with van der Waals surface area (Å²) in [6.45, 7) is 0.179. The fourth-order valence-corrected chi connectivity index (χ4v) is 4.05. The summed E-state index contributed by atoms with van der Waals surface area (Å²) in [6, 6.07) is 16.5. The van der Waals surface area contributed by atoms with Crippen molar-refractivity contribution in [2.75, 3.05) is 12.1 Å². The average Bonchev–Trinajstić information content (AvgIpc) is 3.47. The molecule has 156 valence electrons. The van der Waals surface area contributed by atoms with Crippen LogP contribution in [-0.2, 0) is 5.75 Å². The van der Waals surface area contributed by atoms with E-state index >= 15 is 0 Å². The number of thioether (sulfide) groups is 1. The first kappa shape index (κ1) is 19.5. The minimum Gasteiger partial charge on any atom is -0.454 e. The molecule has 0 spiro atoms. The highest BCUT2D eigenvalue weighted by Gasteiger charge is 2.17. The highest BCUT2D eigenvalue weighted by molar-refractivity contribution is 7.98. The van der Waals surface area contributed by atoms with Gasteiger partial charge in [0.15, 0.2) is 11.5 Å². The van der Waals surface area contributed by atoms with Crippen molar-refractivity contribution in [3.05, 3.63) is 87.9 Å². The summed E-state index contributed by atoms with van der Waals surface area (Å²) in [4.78, 5) is 13.3. The quantitative estimate of drug-likeness (QED) is 0.439. The van der Waals surface area contributed by atoms with E-state index in [9.17, 15) is 4.79 Å². The maximum Gasteiger partial charge on any atom is 0.316 e. The van der Waals surface area contributed by atoms with Gasteiger partial charge in [0.25, 0.3) is 0 Å². The van der Waals surface area contributed by atoms with Crippen LogP contribution in [0.4, 0.5) is 11.5 Å². The van der Waals surface area contributed by atoms with Crippen LogP contribution in [0.3, 0.4) is 0 Å². The molecule has 0 atom stereocenters. The fourth-order valence-electron chi connectivity index (χ4n) is 3.04. The minimum atomic E-state index is -0.331. The van der Waals surface area contributed by atoms with Crippen LogP contribution in [0.5, 0.6) is 11.5 Å². The average molecular weight is 454 g/mol. The summed E-state index contributed by atoms with van der Waals surface area (Å²) in [5.74, 6) is 1.99. The molecular formula is C21H16ClN5O3S. The number of anilines is 2. The Bertz CT molecular complexity index is 1280. The lowest BCUT2D eigenvalue weighted by molar-refractivity contribution is 0.174. The first-order chi connectivity index (χ1) is 15.2. The molecule has 10 heteroatoms. The Kier molecular flexibility index (Phi) is 5.27. The normalized spacial score (nSPS) is 12.2. The SMILES string of the molecule is O=c1c(Nc2ccc3c(c2)OCO3)nnc(SCc2ccc(Cl)cc2)n1-n1cccc1. The number of hydrogen-bond acceptors (Lipinski definition) is 7. The van der Waals surface area contributed by atoms with Crippen LogP contribution in [0.2, 0.25) is 5.02 Å². The van der Waals surface area contributed by atoms with Crippen molar-refractivity contribution in [2.24, 2.45) is 0 Å². The Labute approximate surface area is 186 Å². The third-order valence-corrected chi connectivity index (χ3v) is 5.79. The van der Waals surface area contributed by atoms with Gasteiger partial charge in [-0.15, -0.1) is 10.2 Å². The number of halogens is 1. The molecule has 0 saturated carbocycles. The molecule has 2 aromatic heterocycles. The summed E-state index contributed by atoms with van der Waals surface area (Å²) >= 11 is 7.37. The number of benzene rings is 2. The molecule has 5 rings (SSSR count). The molecule has 4 aromatic rings. The van der Waals surface area contributed by atoms with Crippen LogP contribution in [0.15, 0.2) is 76.9 Å². The van der Waals surface area contributed by atoms with Gasteiger partial charge in [0.2, 0.25) is 17.8 Å². The van der Waals surface area contributed by atoms with Gasteiger partial charge in [-0.25, -0.2) is 0 Å². The van der Waals surface area contributed by atoms with Gasteiger partial charge >= 0.3 is 5.56 Å². The first-order valence-corrected chi connectivity index (χ1v) is 10.7. The Morgan fingerprint density at radius 3 is 2.61 bits per heavy atom. The van der Waals surface area contributed by atoms with E-state index in [2.05, 4.69) is 15.5 Å². The topological polar surface area (TPSA) is 83.2 Å². The molecule has 0 unspecified atom stereocenters. The van der Waals surface area contributed by atoms with Gasteiger partial charge in [-0.05, 0) is 42.0 Å². The highest BCUT2D eigenvalue weighted by Crippen LogP contribution is 2.34.